The third-order valence-corrected chi connectivity index (χ3v) is 6.80. The maximum Gasteiger partial charge on any atom is 0.0339 e. The van der Waals surface area contributed by atoms with Gasteiger partial charge in [0.2, 0.25) is 0 Å². The average molecular weight is 1220 g/mol. The van der Waals surface area contributed by atoms with Crippen LogP contribution in [0.25, 0.3) is 0 Å². The molecule has 0 bridgehead atoms. The molecule has 0 fully saturated rings. The molecule has 0 aliphatic rings. The van der Waals surface area contributed by atoms with E-state index in [0.29, 0.717) is 11.8 Å². The smallest absolute Gasteiger partial charge is 0.0339 e. The summed E-state index contributed by atoms with van der Waals surface area (Å²) in [5.41, 5.74) is 8.00. The highest BCUT2D eigenvalue weighted by atomic mass is 14.2. The predicted octanol–water partition coefficient (Wildman–Crippen LogP) is 34.8. The van der Waals surface area contributed by atoms with Gasteiger partial charge in [0, 0.05) is 11.8 Å². The molecule has 0 saturated carbocycles. The number of rotatable bonds is 6. The van der Waals surface area contributed by atoms with Crippen LogP contribution in [0.5, 0.6) is 0 Å². The Morgan fingerprint density at radius 1 is 0.138 bits per heavy atom. The van der Waals surface area contributed by atoms with E-state index in [0.717, 1.165) is 0 Å². The van der Waals surface area contributed by atoms with E-state index in [9.17, 15) is 0 Å². The summed E-state index contributed by atoms with van der Waals surface area (Å²) in [5, 5.41) is 0. The minimum atomic E-state index is 0.309. The van der Waals surface area contributed by atoms with Gasteiger partial charge in [0.25, 0.3) is 0 Å². The Kier molecular flexibility index (Phi) is 334. The van der Waals surface area contributed by atoms with Gasteiger partial charge in [0.1, 0.15) is 0 Å². The summed E-state index contributed by atoms with van der Waals surface area (Å²) < 4.78 is 0. The van der Waals surface area contributed by atoms with Crippen molar-refractivity contribution in [1.82, 2.24) is 0 Å². The molecule has 6 aromatic rings. The second kappa shape index (κ2) is 207. The van der Waals surface area contributed by atoms with Crippen LogP contribution in [0.2, 0.25) is 0 Å². The Balaban J connectivity index is -0.0000000339. The molecule has 0 aromatic heterocycles. The fourth-order valence-corrected chi connectivity index (χ4v) is 5.03. The van der Waals surface area contributed by atoms with Crippen molar-refractivity contribution in [2.45, 2.75) is 351 Å². The largest absolute Gasteiger partial charge is 0.0683 e. The zero-order valence-corrected chi connectivity index (χ0v) is 70.2. The maximum absolute atomic E-state index is 2.20. The Bertz CT molecular complexity index is 1170. The lowest BCUT2D eigenvalue weighted by Gasteiger charge is -2.18. The number of hydrogen-bond donors (Lipinski definition) is 0. The van der Waals surface area contributed by atoms with E-state index in [2.05, 4.69) is 196 Å². The van der Waals surface area contributed by atoms with Crippen LogP contribution in [0, 0.1) is 0 Å². The first-order valence-electron chi connectivity index (χ1n) is 37.6. The molecule has 0 nitrogen and oxygen atoms in total. The summed E-state index contributed by atoms with van der Waals surface area (Å²) in [6.07, 6.45) is 1.25. The summed E-state index contributed by atoms with van der Waals surface area (Å²) in [5.74, 6) is 0.618. The van der Waals surface area contributed by atoms with Crippen LogP contribution >= 0.6 is 0 Å². The standard InChI is InChI=1S/2C19H16.C3H8.23C2H6/c2*1-4-10-16(11-5-1)19(17-12-6-2-7-13-17)18-14-8-3-9-15-18;1-3-2;23*1-2/h2*1-15,19H;3H2,1-2H3;23*1-2H3. The van der Waals surface area contributed by atoms with E-state index in [4.69, 9.17) is 0 Å². The van der Waals surface area contributed by atoms with E-state index < -0.39 is 0 Å². The first-order valence-corrected chi connectivity index (χ1v) is 37.6. The molecule has 0 saturated heterocycles. The summed E-state index contributed by atoms with van der Waals surface area (Å²) in [7, 11) is 0. The molecule has 6 rings (SSSR count). The molecule has 0 heterocycles. The predicted molar refractivity (Wildman–Crippen MR) is 438 cm³/mol. The molecule has 0 aliphatic heterocycles. The highest BCUT2D eigenvalue weighted by Crippen LogP contribution is 2.32. The van der Waals surface area contributed by atoms with E-state index in [1.807, 2.05) is 318 Å². The highest BCUT2D eigenvalue weighted by Gasteiger charge is 2.16. The molecule has 6 aromatic carbocycles. The fourth-order valence-electron chi connectivity index (χ4n) is 5.03. The van der Waals surface area contributed by atoms with Gasteiger partial charge in [-0.1, -0.05) is 521 Å². The van der Waals surface area contributed by atoms with Crippen molar-refractivity contribution in [2.75, 3.05) is 0 Å². The molecule has 0 heteroatoms. The lowest BCUT2D eigenvalue weighted by molar-refractivity contribution is 0.977. The van der Waals surface area contributed by atoms with Crippen LogP contribution in [0.15, 0.2) is 182 Å². The molecular formula is C87H178. The van der Waals surface area contributed by atoms with Crippen molar-refractivity contribution >= 4 is 0 Å². The van der Waals surface area contributed by atoms with Gasteiger partial charge in [-0.05, 0) is 33.4 Å². The lowest BCUT2D eigenvalue weighted by Crippen LogP contribution is -2.02. The van der Waals surface area contributed by atoms with E-state index in [1.54, 1.807) is 0 Å². The monoisotopic (exact) mass is 1220 g/mol. The summed E-state index contributed by atoms with van der Waals surface area (Å²) >= 11 is 0. The van der Waals surface area contributed by atoms with Gasteiger partial charge in [-0.15, -0.1) is 0 Å². The Hall–Kier alpha value is -4.68. The lowest BCUT2D eigenvalue weighted by atomic mass is 9.85. The quantitative estimate of drug-likeness (QED) is 0.146. The van der Waals surface area contributed by atoms with Crippen molar-refractivity contribution in [1.29, 1.82) is 0 Å². The molecule has 0 amide bonds. The van der Waals surface area contributed by atoms with Gasteiger partial charge in [0.15, 0.2) is 0 Å². The van der Waals surface area contributed by atoms with E-state index >= 15 is 0 Å². The zero-order valence-electron chi connectivity index (χ0n) is 70.2. The topological polar surface area (TPSA) is 0 Å². The van der Waals surface area contributed by atoms with Crippen LogP contribution in [0.4, 0.5) is 0 Å². The van der Waals surface area contributed by atoms with Crippen LogP contribution in [0.3, 0.4) is 0 Å². The number of hydrogen-bond acceptors (Lipinski definition) is 0. The second-order valence-electron chi connectivity index (χ2n) is 10.0. The van der Waals surface area contributed by atoms with Gasteiger partial charge in [0.05, 0.1) is 0 Å². The molecule has 0 N–H and O–H groups in total. The molecular weight excluding hydrogens is 1040 g/mol. The molecule has 0 atom stereocenters. The molecule has 0 spiro atoms. The van der Waals surface area contributed by atoms with Gasteiger partial charge >= 0.3 is 0 Å². The minimum Gasteiger partial charge on any atom is -0.0683 e. The Morgan fingerprint density at radius 2 is 0.195 bits per heavy atom. The van der Waals surface area contributed by atoms with Crippen LogP contribution < -0.4 is 0 Å². The van der Waals surface area contributed by atoms with E-state index in [1.165, 1.54) is 39.8 Å². The van der Waals surface area contributed by atoms with Gasteiger partial charge < -0.3 is 0 Å². The molecule has 87 heavy (non-hydrogen) atoms. The van der Waals surface area contributed by atoms with Gasteiger partial charge in [-0.2, -0.15) is 0 Å². The van der Waals surface area contributed by atoms with Crippen LogP contribution in [-0.2, 0) is 0 Å². The minimum absolute atomic E-state index is 0.309. The summed E-state index contributed by atoms with van der Waals surface area (Å²) in [6.45, 7) is 96.2. The second-order valence-corrected chi connectivity index (χ2v) is 10.0. The van der Waals surface area contributed by atoms with Crippen LogP contribution in [0.1, 0.15) is 384 Å². The van der Waals surface area contributed by atoms with Gasteiger partial charge in [-0.3, -0.25) is 0 Å². The van der Waals surface area contributed by atoms with Crippen molar-refractivity contribution in [3.8, 4) is 0 Å². The molecule has 526 valence electrons. The van der Waals surface area contributed by atoms with Crippen molar-refractivity contribution in [2.24, 2.45) is 0 Å². The zero-order chi connectivity index (χ0) is 74.5. The first-order chi connectivity index (χ1) is 43.3. The van der Waals surface area contributed by atoms with Crippen molar-refractivity contribution in [3.05, 3.63) is 215 Å². The SMILES string of the molecule is CC.CC.CC.CC.CC.CC.CC.CC.CC.CC.CC.CC.CC.CC.CC.CC.CC.CC.CC.CC.CC.CC.CC.CCC.c1ccc(C(c2ccccc2)c2ccccc2)cc1.c1ccc(C(c2ccccc2)c2ccccc2)cc1. The van der Waals surface area contributed by atoms with E-state index in [-0.39, 0.29) is 0 Å². The first kappa shape index (κ1) is 140. The van der Waals surface area contributed by atoms with Crippen molar-refractivity contribution < 1.29 is 0 Å². The third kappa shape index (κ3) is 113. The maximum atomic E-state index is 2.20. The summed E-state index contributed by atoms with van der Waals surface area (Å²) in [4.78, 5) is 0. The number of benzene rings is 6. The Labute approximate surface area is 562 Å². The van der Waals surface area contributed by atoms with Crippen LogP contribution in [-0.4, -0.2) is 0 Å². The third-order valence-electron chi connectivity index (χ3n) is 6.80. The molecule has 0 unspecified atom stereocenters. The van der Waals surface area contributed by atoms with Gasteiger partial charge in [-0.25, -0.2) is 0 Å². The fraction of sp³-hybridized carbons (Fsp3) is 0.586. The molecule has 0 radical (unpaired) electrons. The van der Waals surface area contributed by atoms with Crippen molar-refractivity contribution in [3.63, 3.8) is 0 Å². The summed E-state index contributed by atoms with van der Waals surface area (Å²) in [6, 6.07) is 64.0. The molecule has 0 aliphatic carbocycles. The Morgan fingerprint density at radius 3 is 0.253 bits per heavy atom. The average Bonchev–Trinajstić information content (AvgIpc) is 3.76. The highest BCUT2D eigenvalue weighted by molar-refractivity contribution is 5.44. The normalized spacial score (nSPS) is 6.41.